The fourth-order valence-electron chi connectivity index (χ4n) is 7.90. The van der Waals surface area contributed by atoms with Gasteiger partial charge in [0.05, 0.1) is 41.9 Å². The molecular weight excluding hydrogens is 1000 g/mol. The number of carbonyl (C=O) groups is 7. The molecule has 0 aliphatic rings. The Labute approximate surface area is 441 Å². The third-order valence-electron chi connectivity index (χ3n) is 11.5. The first-order valence-corrected chi connectivity index (χ1v) is 25.5. The van der Waals surface area contributed by atoms with Crippen molar-refractivity contribution in [3.8, 4) is 11.5 Å². The molecule has 0 radical (unpaired) electrons. The summed E-state index contributed by atoms with van der Waals surface area (Å²) in [4.78, 5) is 108. The third kappa shape index (κ3) is 14.4. The minimum absolute atomic E-state index is 0.00297. The molecule has 4 heterocycles. The molecule has 0 saturated carbocycles. The van der Waals surface area contributed by atoms with Crippen LogP contribution in [0.5, 0.6) is 11.5 Å². The second-order valence-corrected chi connectivity index (χ2v) is 19.7. The van der Waals surface area contributed by atoms with Gasteiger partial charge < -0.3 is 53.7 Å². The number of aryl methyl sites for hydroxylation is 4. The molecule has 0 aliphatic heterocycles. The molecule has 23 nitrogen and oxygen atoms in total. The number of rotatable bonds is 24. The van der Waals surface area contributed by atoms with E-state index < -0.39 is 53.2 Å². The van der Waals surface area contributed by atoms with Crippen LogP contribution >= 0.6 is 11.3 Å². The Balaban J connectivity index is 1.25. The van der Waals surface area contributed by atoms with Gasteiger partial charge in [-0.2, -0.15) is 4.99 Å². The number of anilines is 1. The summed E-state index contributed by atoms with van der Waals surface area (Å²) in [6.07, 6.45) is 4.20. The lowest BCUT2D eigenvalue weighted by Crippen LogP contribution is -2.36. The van der Waals surface area contributed by atoms with E-state index in [0.717, 1.165) is 11.3 Å². The van der Waals surface area contributed by atoms with Crippen LogP contribution in [0.25, 0.3) is 21.3 Å². The molecule has 0 aliphatic carbocycles. The molecule has 6 rings (SSSR count). The number of hydrogen-bond acceptors (Lipinski definition) is 17. The van der Waals surface area contributed by atoms with Crippen molar-refractivity contribution in [3.63, 3.8) is 0 Å². The van der Waals surface area contributed by atoms with Crippen molar-refractivity contribution in [2.75, 3.05) is 25.6 Å². The number of primary amides is 2. The van der Waals surface area contributed by atoms with Gasteiger partial charge in [-0.1, -0.05) is 44.3 Å². The zero-order valence-electron chi connectivity index (χ0n) is 44.2. The number of nitrogens with one attached hydrogen (secondary N) is 2. The van der Waals surface area contributed by atoms with Crippen LogP contribution in [0.15, 0.2) is 50.2 Å². The zero-order valence-corrected chi connectivity index (χ0v) is 45.1. The van der Waals surface area contributed by atoms with Crippen LogP contribution < -0.4 is 36.4 Å². The van der Waals surface area contributed by atoms with Crippen molar-refractivity contribution in [3.05, 3.63) is 87.0 Å². The summed E-state index contributed by atoms with van der Waals surface area (Å²) in [5.41, 5.74) is 13.0. The van der Waals surface area contributed by atoms with E-state index in [2.05, 4.69) is 25.6 Å². The van der Waals surface area contributed by atoms with Crippen molar-refractivity contribution in [2.45, 2.75) is 126 Å². The number of nitrogens with two attached hydrogens (primary N) is 2. The molecule has 0 fully saturated rings. The number of carbonyl (C=O) groups excluding carboxylic acids is 7. The number of fused-ring (bicyclic) bond motifs is 2. The van der Waals surface area contributed by atoms with Crippen molar-refractivity contribution >= 4 is 80.0 Å². The molecule has 5 amide bonds. The Morgan fingerprint density at radius 2 is 1.43 bits per heavy atom. The van der Waals surface area contributed by atoms with Crippen molar-refractivity contribution in [2.24, 2.45) is 22.4 Å². The second kappa shape index (κ2) is 24.9. The van der Waals surface area contributed by atoms with Crippen LogP contribution in [0.1, 0.15) is 139 Å². The second-order valence-electron chi connectivity index (χ2n) is 18.7. The van der Waals surface area contributed by atoms with Gasteiger partial charge in [0.15, 0.2) is 16.6 Å². The van der Waals surface area contributed by atoms with Gasteiger partial charge in [0, 0.05) is 56.8 Å². The van der Waals surface area contributed by atoms with Crippen molar-refractivity contribution < 1.29 is 61.3 Å². The maximum Gasteiger partial charge on any atom is 0.317 e. The molecule has 0 unspecified atom stereocenters. The number of ether oxygens (including phenoxy) is 4. The highest BCUT2D eigenvalue weighted by molar-refractivity contribution is 7.16. The van der Waals surface area contributed by atoms with E-state index >= 15 is 0 Å². The molecule has 2 aromatic carbocycles. The van der Waals surface area contributed by atoms with Crippen LogP contribution in [0.4, 0.5) is 5.95 Å². The Morgan fingerprint density at radius 3 is 2.07 bits per heavy atom. The van der Waals surface area contributed by atoms with Crippen molar-refractivity contribution in [1.29, 1.82) is 0 Å². The summed E-state index contributed by atoms with van der Waals surface area (Å²) in [7, 11) is 1.44. The Kier molecular flexibility index (Phi) is 18.7. The van der Waals surface area contributed by atoms with E-state index in [-0.39, 0.29) is 102 Å². The normalized spacial score (nSPS) is 12.7. The third-order valence-corrected chi connectivity index (χ3v) is 12.5. The molecule has 0 saturated heterocycles. The predicted molar refractivity (Wildman–Crippen MR) is 279 cm³/mol. The summed E-state index contributed by atoms with van der Waals surface area (Å²) in [5, 5.41) is 5.59. The summed E-state index contributed by atoms with van der Waals surface area (Å²) >= 11 is 1.13. The summed E-state index contributed by atoms with van der Waals surface area (Å²) in [6, 6.07) is 5.99. The Bertz CT molecular complexity index is 3280. The SMILES string of the molecule is CCc1nc(C)oc1C(=O)/N=c1\sc2cc(C(N)=O)cc(OC)c2n1C/C=C/Cn1c(NC(=O)c2oc(C)nc2CC)nc2cc(C(N)=O)cc(OCCCC(=O)O[C@@H](C)CNC(=O)[C@@H](C)CCC(=O)OC(C)(C)C)c21. The van der Waals surface area contributed by atoms with E-state index in [4.69, 9.17) is 44.2 Å². The van der Waals surface area contributed by atoms with Crippen LogP contribution in [-0.2, 0) is 49.8 Å². The number of oxazole rings is 2. The molecule has 24 heteroatoms. The van der Waals surface area contributed by atoms with E-state index in [1.165, 1.54) is 25.3 Å². The Hall–Kier alpha value is -8.15. The molecule has 406 valence electrons. The smallest absolute Gasteiger partial charge is 0.317 e. The number of esters is 2. The van der Waals surface area contributed by atoms with Gasteiger partial charge in [-0.25, -0.2) is 15.0 Å². The minimum Gasteiger partial charge on any atom is -0.494 e. The number of benzene rings is 2. The average Bonchev–Trinajstić information content (AvgIpc) is 4.13. The Morgan fingerprint density at radius 1 is 0.816 bits per heavy atom. The topological polar surface area (TPSA) is 320 Å². The van der Waals surface area contributed by atoms with Crippen LogP contribution in [0.2, 0.25) is 0 Å². The van der Waals surface area contributed by atoms with Gasteiger partial charge in [-0.05, 0) is 77.6 Å². The quantitative estimate of drug-likeness (QED) is 0.0298. The first-order valence-electron chi connectivity index (χ1n) is 24.7. The van der Waals surface area contributed by atoms with Gasteiger partial charge in [0.2, 0.25) is 35.2 Å². The highest BCUT2D eigenvalue weighted by atomic mass is 32.1. The largest absolute Gasteiger partial charge is 0.494 e. The standard InChI is InChI=1S/C52H64N10O13S/c1-11-33-43(73-29(5)56-33)48(68)59-50-58-35-22-31(45(53)65)24-37(71-21-15-16-39(63)72-28(4)26-55-47(67)27(3)17-18-40(64)75-52(7,8)9)41(35)61(50)19-13-14-20-62-42-36(70-10)23-32(46(54)66)25-38(42)76-51(62)60-49(69)44-34(12-2)57-30(6)74-44/h13-14,22-25,27-28H,11-12,15-21,26H2,1-10H3,(H2,53,65)(H2,54,66)(H,55,67)(H,58,59,68)/b14-13+,60-51-/t27-,28-/m0/s1. The first-order chi connectivity index (χ1) is 36.0. The lowest BCUT2D eigenvalue weighted by atomic mass is 10.0. The van der Waals surface area contributed by atoms with Crippen molar-refractivity contribution in [1.82, 2.24) is 29.4 Å². The number of amides is 5. The molecule has 76 heavy (non-hydrogen) atoms. The van der Waals surface area contributed by atoms with Gasteiger partial charge in [0.25, 0.3) is 5.91 Å². The number of aromatic nitrogens is 5. The molecule has 4 aromatic heterocycles. The lowest BCUT2D eigenvalue weighted by molar-refractivity contribution is -0.155. The molecule has 6 aromatic rings. The predicted octanol–water partition coefficient (Wildman–Crippen LogP) is 6.19. The van der Waals surface area contributed by atoms with Gasteiger partial charge in [-0.3, -0.25) is 38.9 Å². The summed E-state index contributed by atoms with van der Waals surface area (Å²) in [6.45, 7) is 15.7. The summed E-state index contributed by atoms with van der Waals surface area (Å²) in [5.74, 6) is -3.38. The van der Waals surface area contributed by atoms with Crippen LogP contribution in [0.3, 0.4) is 0 Å². The van der Waals surface area contributed by atoms with E-state index in [0.29, 0.717) is 57.5 Å². The molecular formula is C52H64N10O13S. The fraction of sp³-hybridized carbons (Fsp3) is 0.442. The van der Waals surface area contributed by atoms with Crippen LogP contribution in [-0.4, -0.2) is 97.5 Å². The number of hydrogen-bond donors (Lipinski definition) is 4. The molecule has 0 spiro atoms. The monoisotopic (exact) mass is 1070 g/mol. The fourth-order valence-corrected chi connectivity index (χ4v) is 9.00. The van der Waals surface area contributed by atoms with E-state index in [1.807, 2.05) is 13.8 Å². The van der Waals surface area contributed by atoms with E-state index in [1.54, 1.807) is 75.8 Å². The zero-order chi connectivity index (χ0) is 55.6. The number of allylic oxidation sites excluding steroid dienone is 2. The summed E-state index contributed by atoms with van der Waals surface area (Å²) < 4.78 is 38.1. The molecule has 2 atom stereocenters. The number of methoxy groups -OCH3 is 1. The first kappa shape index (κ1) is 57.1. The average molecular weight is 1070 g/mol. The highest BCUT2D eigenvalue weighted by Gasteiger charge is 2.26. The molecule has 0 bridgehead atoms. The lowest BCUT2D eigenvalue weighted by Gasteiger charge is -2.20. The number of imidazole rings is 1. The van der Waals surface area contributed by atoms with Crippen LogP contribution in [0, 0.1) is 19.8 Å². The van der Waals surface area contributed by atoms with Gasteiger partial charge >= 0.3 is 17.8 Å². The van der Waals surface area contributed by atoms with Gasteiger partial charge in [-0.15, -0.1) is 0 Å². The minimum atomic E-state index is -0.777. The van der Waals surface area contributed by atoms with E-state index in [9.17, 15) is 33.6 Å². The number of thiazole rings is 1. The van der Waals surface area contributed by atoms with Gasteiger partial charge in [0.1, 0.15) is 34.2 Å². The number of nitrogens with zero attached hydrogens (tertiary/aromatic N) is 6. The molecule has 6 N–H and O–H groups in total. The maximum absolute atomic E-state index is 13.9. The highest BCUT2D eigenvalue weighted by Crippen LogP contribution is 2.33. The maximum atomic E-state index is 13.9.